The van der Waals surface area contributed by atoms with Gasteiger partial charge in [0.25, 0.3) is 0 Å². The molecule has 3 rings (SSSR count). The van der Waals surface area contributed by atoms with Gasteiger partial charge in [0.2, 0.25) is 6.79 Å². The minimum absolute atomic E-state index is 0.255. The Hall–Kier alpha value is -1.69. The van der Waals surface area contributed by atoms with Crippen LogP contribution in [-0.2, 0) is 13.5 Å². The first kappa shape index (κ1) is 12.3. The second kappa shape index (κ2) is 4.45. The van der Waals surface area contributed by atoms with Gasteiger partial charge in [0.1, 0.15) is 5.82 Å². The van der Waals surface area contributed by atoms with E-state index in [2.05, 4.69) is 28.0 Å². The Labute approximate surface area is 119 Å². The van der Waals surface area contributed by atoms with E-state index < -0.39 is 0 Å². The van der Waals surface area contributed by atoms with E-state index in [-0.39, 0.29) is 6.79 Å². The fourth-order valence-corrected chi connectivity index (χ4v) is 3.03. The second-order valence-electron chi connectivity index (χ2n) is 4.38. The van der Waals surface area contributed by atoms with Gasteiger partial charge in [0.15, 0.2) is 11.5 Å². The zero-order chi connectivity index (χ0) is 13.6. The first-order valence-corrected chi connectivity index (χ1v) is 6.82. The average Bonchev–Trinajstić information content (AvgIpc) is 2.97. The standard InChI is InChI=1S/C13H14BrN3O2/c1-3-7-8(9-5-11(15)17(2)16-9)4-10-13(12(7)14)19-6-18-10/h4-5H,3,6,15H2,1-2H3. The van der Waals surface area contributed by atoms with Crippen molar-refractivity contribution in [3.63, 3.8) is 0 Å². The molecule has 2 aromatic rings. The van der Waals surface area contributed by atoms with Crippen molar-refractivity contribution in [3.8, 4) is 22.8 Å². The molecule has 0 atom stereocenters. The third-order valence-corrected chi connectivity index (χ3v) is 4.09. The molecular formula is C13H14BrN3O2. The molecule has 0 saturated heterocycles. The first-order valence-electron chi connectivity index (χ1n) is 6.02. The summed E-state index contributed by atoms with van der Waals surface area (Å²) in [5.74, 6) is 2.14. The molecule has 2 heterocycles. The summed E-state index contributed by atoms with van der Waals surface area (Å²) in [6, 6.07) is 3.83. The summed E-state index contributed by atoms with van der Waals surface area (Å²) in [7, 11) is 1.83. The summed E-state index contributed by atoms with van der Waals surface area (Å²) < 4.78 is 13.5. The van der Waals surface area contributed by atoms with E-state index in [1.54, 1.807) is 4.68 Å². The Kier molecular flexibility index (Phi) is 2.89. The van der Waals surface area contributed by atoms with Crippen molar-refractivity contribution < 1.29 is 9.47 Å². The lowest BCUT2D eigenvalue weighted by molar-refractivity contribution is 0.173. The third kappa shape index (κ3) is 1.87. The van der Waals surface area contributed by atoms with Gasteiger partial charge >= 0.3 is 0 Å². The number of halogens is 1. The van der Waals surface area contributed by atoms with E-state index in [9.17, 15) is 0 Å². The summed E-state index contributed by atoms with van der Waals surface area (Å²) in [4.78, 5) is 0. The molecule has 1 aromatic carbocycles. The lowest BCUT2D eigenvalue weighted by atomic mass is 10.0. The molecule has 19 heavy (non-hydrogen) atoms. The highest BCUT2D eigenvalue weighted by atomic mass is 79.9. The van der Waals surface area contributed by atoms with Crippen LogP contribution in [0, 0.1) is 0 Å². The molecule has 5 nitrogen and oxygen atoms in total. The van der Waals surface area contributed by atoms with Crippen LogP contribution in [0.5, 0.6) is 11.5 Å². The maximum Gasteiger partial charge on any atom is 0.231 e. The third-order valence-electron chi connectivity index (χ3n) is 3.25. The number of rotatable bonds is 2. The molecule has 0 bridgehead atoms. The molecule has 0 aliphatic carbocycles. The Morgan fingerprint density at radius 1 is 1.42 bits per heavy atom. The molecule has 100 valence electrons. The molecule has 1 aromatic heterocycles. The largest absolute Gasteiger partial charge is 0.454 e. The van der Waals surface area contributed by atoms with Crippen LogP contribution in [0.4, 0.5) is 5.82 Å². The van der Waals surface area contributed by atoms with Gasteiger partial charge in [-0.1, -0.05) is 6.92 Å². The number of fused-ring (bicyclic) bond motifs is 1. The molecule has 1 aliphatic rings. The SMILES string of the molecule is CCc1c(-c2cc(N)n(C)n2)cc2c(c1Br)OCO2. The molecule has 0 spiro atoms. The Balaban J connectivity index is 2.23. The van der Waals surface area contributed by atoms with Gasteiger partial charge in [-0.05, 0) is 34.0 Å². The van der Waals surface area contributed by atoms with Crippen molar-refractivity contribution in [2.24, 2.45) is 7.05 Å². The maximum absolute atomic E-state index is 5.85. The predicted molar refractivity (Wildman–Crippen MR) is 76.3 cm³/mol. The van der Waals surface area contributed by atoms with Crippen molar-refractivity contribution in [2.75, 3.05) is 12.5 Å². The molecule has 6 heteroatoms. The molecule has 0 amide bonds. The van der Waals surface area contributed by atoms with E-state index in [0.717, 1.165) is 39.2 Å². The second-order valence-corrected chi connectivity index (χ2v) is 5.18. The number of benzene rings is 1. The van der Waals surface area contributed by atoms with Gasteiger partial charge in [0, 0.05) is 18.7 Å². The van der Waals surface area contributed by atoms with E-state index in [4.69, 9.17) is 15.2 Å². The molecule has 0 radical (unpaired) electrons. The fraction of sp³-hybridized carbons (Fsp3) is 0.308. The van der Waals surface area contributed by atoms with Crippen LogP contribution < -0.4 is 15.2 Å². The first-order chi connectivity index (χ1) is 9.11. The Morgan fingerprint density at radius 2 is 2.21 bits per heavy atom. The van der Waals surface area contributed by atoms with E-state index in [0.29, 0.717) is 5.82 Å². The summed E-state index contributed by atoms with van der Waals surface area (Å²) in [6.45, 7) is 2.35. The molecule has 0 saturated carbocycles. The number of ether oxygens (including phenoxy) is 2. The summed E-state index contributed by atoms with van der Waals surface area (Å²) in [5.41, 5.74) is 8.86. The van der Waals surface area contributed by atoms with Gasteiger partial charge < -0.3 is 15.2 Å². The number of hydrogen-bond donors (Lipinski definition) is 1. The van der Waals surface area contributed by atoms with Crippen molar-refractivity contribution in [2.45, 2.75) is 13.3 Å². The highest BCUT2D eigenvalue weighted by molar-refractivity contribution is 9.10. The van der Waals surface area contributed by atoms with Gasteiger partial charge in [-0.25, -0.2) is 0 Å². The number of aryl methyl sites for hydroxylation is 1. The van der Waals surface area contributed by atoms with E-state index in [1.165, 1.54) is 0 Å². The smallest absolute Gasteiger partial charge is 0.231 e. The number of nitrogens with zero attached hydrogens (tertiary/aromatic N) is 2. The highest BCUT2D eigenvalue weighted by Gasteiger charge is 2.23. The van der Waals surface area contributed by atoms with Crippen LogP contribution >= 0.6 is 15.9 Å². The zero-order valence-electron chi connectivity index (χ0n) is 10.7. The van der Waals surface area contributed by atoms with E-state index in [1.807, 2.05) is 19.2 Å². The van der Waals surface area contributed by atoms with Gasteiger partial charge in [-0.2, -0.15) is 5.10 Å². The van der Waals surface area contributed by atoms with Crippen molar-refractivity contribution in [1.29, 1.82) is 0 Å². The van der Waals surface area contributed by atoms with Crippen LogP contribution in [0.3, 0.4) is 0 Å². The predicted octanol–water partition coefficient (Wildman–Crippen LogP) is 2.72. The van der Waals surface area contributed by atoms with Crippen LogP contribution in [0.25, 0.3) is 11.3 Å². The quantitative estimate of drug-likeness (QED) is 0.923. The molecule has 1 aliphatic heterocycles. The number of anilines is 1. The molecule has 2 N–H and O–H groups in total. The Bertz CT molecular complexity index is 632. The van der Waals surface area contributed by atoms with Crippen LogP contribution in [-0.4, -0.2) is 16.6 Å². The normalized spacial score (nSPS) is 13.0. The van der Waals surface area contributed by atoms with Gasteiger partial charge in [-0.15, -0.1) is 0 Å². The number of nitrogen functional groups attached to an aromatic ring is 1. The Morgan fingerprint density at radius 3 is 2.84 bits per heavy atom. The highest BCUT2D eigenvalue weighted by Crippen LogP contribution is 2.45. The topological polar surface area (TPSA) is 62.3 Å². The molecule has 0 unspecified atom stereocenters. The van der Waals surface area contributed by atoms with Crippen molar-refractivity contribution in [1.82, 2.24) is 9.78 Å². The molecule has 0 fully saturated rings. The average molecular weight is 324 g/mol. The minimum atomic E-state index is 0.255. The summed E-state index contributed by atoms with van der Waals surface area (Å²) in [6.07, 6.45) is 0.864. The maximum atomic E-state index is 5.85. The van der Waals surface area contributed by atoms with Crippen LogP contribution in [0.2, 0.25) is 0 Å². The zero-order valence-corrected chi connectivity index (χ0v) is 12.3. The van der Waals surface area contributed by atoms with Crippen LogP contribution in [0.15, 0.2) is 16.6 Å². The number of aromatic nitrogens is 2. The minimum Gasteiger partial charge on any atom is -0.454 e. The van der Waals surface area contributed by atoms with Gasteiger partial charge in [0.05, 0.1) is 10.2 Å². The lowest BCUT2D eigenvalue weighted by Gasteiger charge is -2.10. The summed E-state index contributed by atoms with van der Waals surface area (Å²) >= 11 is 3.60. The monoisotopic (exact) mass is 323 g/mol. The van der Waals surface area contributed by atoms with Crippen molar-refractivity contribution >= 4 is 21.7 Å². The number of nitrogens with two attached hydrogens (primary N) is 1. The van der Waals surface area contributed by atoms with Crippen molar-refractivity contribution in [3.05, 3.63) is 22.2 Å². The van der Waals surface area contributed by atoms with Gasteiger partial charge in [-0.3, -0.25) is 4.68 Å². The number of hydrogen-bond acceptors (Lipinski definition) is 4. The summed E-state index contributed by atoms with van der Waals surface area (Å²) in [5, 5.41) is 4.43. The lowest BCUT2D eigenvalue weighted by Crippen LogP contribution is -1.97. The molecular weight excluding hydrogens is 310 g/mol. The van der Waals surface area contributed by atoms with E-state index >= 15 is 0 Å². The van der Waals surface area contributed by atoms with Crippen LogP contribution in [0.1, 0.15) is 12.5 Å². The fourth-order valence-electron chi connectivity index (χ4n) is 2.23.